The lowest BCUT2D eigenvalue weighted by Gasteiger charge is -2.38. The van der Waals surface area contributed by atoms with Gasteiger partial charge in [0.25, 0.3) is 0 Å². The van der Waals surface area contributed by atoms with Crippen LogP contribution >= 0.6 is 0 Å². The Morgan fingerprint density at radius 3 is 2.25 bits per heavy atom. The van der Waals surface area contributed by atoms with Gasteiger partial charge in [0.15, 0.2) is 0 Å². The minimum Gasteiger partial charge on any atom is -0.377 e. The minimum atomic E-state index is 0.285. The van der Waals surface area contributed by atoms with Gasteiger partial charge in [-0.1, -0.05) is 6.92 Å². The van der Waals surface area contributed by atoms with E-state index in [1.807, 2.05) is 0 Å². The monoisotopic (exact) mass is 339 g/mol. The molecule has 2 heterocycles. The first-order valence-electron chi connectivity index (χ1n) is 9.85. The molecule has 24 heavy (non-hydrogen) atoms. The quantitative estimate of drug-likeness (QED) is 0.639. The van der Waals surface area contributed by atoms with Crippen LogP contribution < -0.4 is 0 Å². The second-order valence-corrected chi connectivity index (χ2v) is 7.65. The van der Waals surface area contributed by atoms with Crippen molar-refractivity contribution in [3.05, 3.63) is 0 Å². The topological polar surface area (TPSA) is 36.0 Å². The fourth-order valence-electron chi connectivity index (χ4n) is 3.70. The summed E-state index contributed by atoms with van der Waals surface area (Å²) in [6, 6.07) is 0. The maximum atomic E-state index is 11.2. The molecule has 0 saturated carbocycles. The Labute approximate surface area is 148 Å². The van der Waals surface area contributed by atoms with Crippen molar-refractivity contribution in [2.75, 3.05) is 65.5 Å². The third-order valence-corrected chi connectivity index (χ3v) is 5.52. The molecule has 0 bridgehead atoms. The summed E-state index contributed by atoms with van der Waals surface area (Å²) in [5, 5.41) is 0. The molecule has 5 heteroatoms. The number of rotatable bonds is 9. The fourth-order valence-corrected chi connectivity index (χ4v) is 3.70. The Bertz CT molecular complexity index is 362. The molecule has 0 aliphatic carbocycles. The molecule has 0 radical (unpaired) electrons. The molecule has 1 atom stereocenters. The van der Waals surface area contributed by atoms with Crippen molar-refractivity contribution in [2.24, 2.45) is 5.92 Å². The molecule has 2 fully saturated rings. The van der Waals surface area contributed by atoms with E-state index in [0.717, 1.165) is 51.7 Å². The second kappa shape index (κ2) is 10.5. The van der Waals surface area contributed by atoms with E-state index in [1.165, 1.54) is 32.5 Å². The van der Waals surface area contributed by atoms with Crippen molar-refractivity contribution in [3.63, 3.8) is 0 Å². The largest absolute Gasteiger partial charge is 0.377 e. The van der Waals surface area contributed by atoms with E-state index in [9.17, 15) is 4.79 Å². The Kier molecular flexibility index (Phi) is 8.67. The molecule has 0 spiro atoms. The fraction of sp³-hybridized carbons (Fsp3) is 0.947. The molecule has 5 nitrogen and oxygen atoms in total. The number of carbonyl (C=O) groups excluding carboxylic acids is 1. The second-order valence-electron chi connectivity index (χ2n) is 7.65. The van der Waals surface area contributed by atoms with Gasteiger partial charge in [0, 0.05) is 39.3 Å². The van der Waals surface area contributed by atoms with Crippen molar-refractivity contribution in [2.45, 2.75) is 46.1 Å². The van der Waals surface area contributed by atoms with Gasteiger partial charge in [0.1, 0.15) is 5.78 Å². The number of nitrogens with zero attached hydrogens (tertiary/aromatic N) is 3. The van der Waals surface area contributed by atoms with Gasteiger partial charge in [0.2, 0.25) is 0 Å². The average molecular weight is 340 g/mol. The van der Waals surface area contributed by atoms with Crippen LogP contribution in [0.1, 0.15) is 40.0 Å². The zero-order valence-corrected chi connectivity index (χ0v) is 16.0. The van der Waals surface area contributed by atoms with Crippen LogP contribution in [0.5, 0.6) is 0 Å². The SMILES string of the molecule is CCC(C)OCCN1CCC(CN2CCN(CC(C)=O)CC2)CC1. The van der Waals surface area contributed by atoms with Crippen LogP contribution in [0.25, 0.3) is 0 Å². The molecular weight excluding hydrogens is 302 g/mol. The van der Waals surface area contributed by atoms with Gasteiger partial charge < -0.3 is 14.5 Å². The zero-order chi connectivity index (χ0) is 17.4. The predicted molar refractivity (Wildman–Crippen MR) is 98.4 cm³/mol. The normalized spacial score (nSPS) is 23.5. The molecule has 140 valence electrons. The number of hydrogen-bond acceptors (Lipinski definition) is 5. The highest BCUT2D eigenvalue weighted by Gasteiger charge is 2.24. The molecule has 2 saturated heterocycles. The van der Waals surface area contributed by atoms with Crippen molar-refractivity contribution in [1.29, 1.82) is 0 Å². The lowest BCUT2D eigenvalue weighted by Crippen LogP contribution is -2.49. The molecule has 0 aromatic carbocycles. The number of piperazine rings is 1. The van der Waals surface area contributed by atoms with E-state index in [-0.39, 0.29) is 5.78 Å². The Hall–Kier alpha value is -0.490. The van der Waals surface area contributed by atoms with E-state index >= 15 is 0 Å². The van der Waals surface area contributed by atoms with E-state index in [0.29, 0.717) is 12.6 Å². The highest BCUT2D eigenvalue weighted by Crippen LogP contribution is 2.19. The van der Waals surface area contributed by atoms with Gasteiger partial charge in [-0.05, 0) is 52.1 Å². The summed E-state index contributed by atoms with van der Waals surface area (Å²) in [6.07, 6.45) is 4.12. The lowest BCUT2D eigenvalue weighted by molar-refractivity contribution is -0.118. The maximum absolute atomic E-state index is 11.2. The molecule has 2 rings (SSSR count). The molecule has 2 aliphatic rings. The van der Waals surface area contributed by atoms with Gasteiger partial charge >= 0.3 is 0 Å². The van der Waals surface area contributed by atoms with Crippen LogP contribution in [0.3, 0.4) is 0 Å². The highest BCUT2D eigenvalue weighted by atomic mass is 16.5. The van der Waals surface area contributed by atoms with Gasteiger partial charge in [0.05, 0.1) is 19.3 Å². The van der Waals surface area contributed by atoms with Crippen molar-refractivity contribution in [1.82, 2.24) is 14.7 Å². The van der Waals surface area contributed by atoms with Crippen LogP contribution in [0.2, 0.25) is 0 Å². The predicted octanol–water partition coefficient (Wildman–Crippen LogP) is 1.72. The number of ether oxygens (including phenoxy) is 1. The summed E-state index contributed by atoms with van der Waals surface area (Å²) in [5.41, 5.74) is 0. The van der Waals surface area contributed by atoms with Crippen LogP contribution in [-0.2, 0) is 9.53 Å². The molecule has 0 amide bonds. The summed E-state index contributed by atoms with van der Waals surface area (Å²) in [7, 11) is 0. The van der Waals surface area contributed by atoms with E-state index in [2.05, 4.69) is 28.5 Å². The summed E-state index contributed by atoms with van der Waals surface area (Å²) in [4.78, 5) is 18.7. The number of piperidine rings is 1. The third kappa shape index (κ3) is 7.18. The third-order valence-electron chi connectivity index (χ3n) is 5.52. The van der Waals surface area contributed by atoms with Crippen molar-refractivity contribution in [3.8, 4) is 0 Å². The Morgan fingerprint density at radius 1 is 1.04 bits per heavy atom. The van der Waals surface area contributed by atoms with Gasteiger partial charge in [-0.3, -0.25) is 9.69 Å². The highest BCUT2D eigenvalue weighted by molar-refractivity contribution is 5.77. The lowest BCUT2D eigenvalue weighted by atomic mass is 9.96. The summed E-state index contributed by atoms with van der Waals surface area (Å²) in [5.74, 6) is 1.13. The smallest absolute Gasteiger partial charge is 0.143 e. The summed E-state index contributed by atoms with van der Waals surface area (Å²) >= 11 is 0. The van der Waals surface area contributed by atoms with Crippen LogP contribution in [-0.4, -0.2) is 92.1 Å². The number of ketones is 1. The Balaban J connectivity index is 1.56. The number of hydrogen-bond donors (Lipinski definition) is 0. The van der Waals surface area contributed by atoms with E-state index in [4.69, 9.17) is 4.74 Å². The average Bonchev–Trinajstić information content (AvgIpc) is 2.57. The molecule has 1 unspecified atom stereocenters. The molecule has 0 aromatic heterocycles. The van der Waals surface area contributed by atoms with Crippen LogP contribution in [0.15, 0.2) is 0 Å². The first-order valence-corrected chi connectivity index (χ1v) is 9.85. The van der Waals surface area contributed by atoms with Crippen molar-refractivity contribution >= 4 is 5.78 Å². The van der Waals surface area contributed by atoms with E-state index in [1.54, 1.807) is 6.92 Å². The summed E-state index contributed by atoms with van der Waals surface area (Å²) in [6.45, 7) is 16.6. The Morgan fingerprint density at radius 2 is 1.67 bits per heavy atom. The maximum Gasteiger partial charge on any atom is 0.143 e. The van der Waals surface area contributed by atoms with Crippen LogP contribution in [0, 0.1) is 5.92 Å². The van der Waals surface area contributed by atoms with Gasteiger partial charge in [-0.2, -0.15) is 0 Å². The molecule has 2 aliphatic heterocycles. The first kappa shape index (κ1) is 19.8. The number of Topliss-reactive ketones (excluding diaryl/α,β-unsaturated/α-hetero) is 1. The van der Waals surface area contributed by atoms with Crippen molar-refractivity contribution < 1.29 is 9.53 Å². The zero-order valence-electron chi connectivity index (χ0n) is 16.0. The molecule has 0 N–H and O–H groups in total. The number of likely N-dealkylation sites (tertiary alicyclic amines) is 1. The minimum absolute atomic E-state index is 0.285. The molecule has 0 aromatic rings. The number of carbonyl (C=O) groups is 1. The standard InChI is InChI=1S/C19H37N3O2/c1-4-18(3)24-14-13-20-7-5-19(6-8-20)16-22-11-9-21(10-12-22)15-17(2)23/h18-19H,4-16H2,1-3H3. The first-order chi connectivity index (χ1) is 11.6. The van der Waals surface area contributed by atoms with Gasteiger partial charge in [-0.15, -0.1) is 0 Å². The van der Waals surface area contributed by atoms with E-state index < -0.39 is 0 Å². The summed E-state index contributed by atoms with van der Waals surface area (Å²) < 4.78 is 5.80. The van der Waals surface area contributed by atoms with Gasteiger partial charge in [-0.25, -0.2) is 0 Å². The molecular formula is C19H37N3O2. The van der Waals surface area contributed by atoms with Crippen LogP contribution in [0.4, 0.5) is 0 Å².